The fourth-order valence-corrected chi connectivity index (χ4v) is 2.62. The summed E-state index contributed by atoms with van der Waals surface area (Å²) in [6.07, 6.45) is 5.51. The Hall–Kier alpha value is -2.03. The van der Waals surface area contributed by atoms with Crippen LogP contribution in [0.4, 0.5) is 0 Å². The summed E-state index contributed by atoms with van der Waals surface area (Å²) in [7, 11) is 1.64. The first-order valence-corrected chi connectivity index (χ1v) is 9.58. The van der Waals surface area contributed by atoms with Gasteiger partial charge in [0.05, 0.1) is 6.26 Å². The molecular weight excluding hydrogens is 467 g/mol. The molecule has 0 radical (unpaired) electrons. The zero-order valence-corrected chi connectivity index (χ0v) is 19.0. The van der Waals surface area contributed by atoms with Crippen LogP contribution in [0.25, 0.3) is 0 Å². The molecule has 1 heterocycles. The van der Waals surface area contributed by atoms with Crippen molar-refractivity contribution in [3.05, 3.63) is 59.5 Å². The molecule has 0 atom stereocenters. The van der Waals surface area contributed by atoms with Crippen LogP contribution >= 0.6 is 24.0 Å². The van der Waals surface area contributed by atoms with Crippen molar-refractivity contribution in [2.24, 2.45) is 4.99 Å². The molecule has 3 N–H and O–H groups in total. The first kappa shape index (κ1) is 24.0. The maximum absolute atomic E-state index is 11.7. The molecule has 1 aromatic heterocycles. The summed E-state index contributed by atoms with van der Waals surface area (Å²) in [6.45, 7) is 4.47. The van der Waals surface area contributed by atoms with Crippen molar-refractivity contribution >= 4 is 35.8 Å². The van der Waals surface area contributed by atoms with Crippen LogP contribution in [0.15, 0.2) is 52.1 Å². The third kappa shape index (κ3) is 8.77. The van der Waals surface area contributed by atoms with E-state index in [1.54, 1.807) is 13.3 Å². The molecule has 0 saturated heterocycles. The van der Waals surface area contributed by atoms with Gasteiger partial charge >= 0.3 is 0 Å². The highest BCUT2D eigenvalue weighted by molar-refractivity contribution is 14.0. The second kappa shape index (κ2) is 14.0. The normalized spacial score (nSPS) is 10.9. The van der Waals surface area contributed by atoms with E-state index in [1.807, 2.05) is 36.4 Å². The minimum absolute atomic E-state index is 0. The van der Waals surface area contributed by atoms with E-state index < -0.39 is 0 Å². The van der Waals surface area contributed by atoms with Crippen molar-refractivity contribution in [2.45, 2.75) is 32.6 Å². The van der Waals surface area contributed by atoms with Crippen LogP contribution in [0.3, 0.4) is 0 Å². The Morgan fingerprint density at radius 2 is 1.89 bits per heavy atom. The predicted molar refractivity (Wildman–Crippen MR) is 125 cm³/mol. The molecule has 0 fully saturated rings. The molecule has 1 aromatic carbocycles. The SMILES string of the molecule is CCCCN=C(NCCc1cccc(C(=O)NC)c1)NCCc1ccco1.I. The number of benzene rings is 1. The summed E-state index contributed by atoms with van der Waals surface area (Å²) in [5, 5.41) is 9.39. The van der Waals surface area contributed by atoms with Crippen molar-refractivity contribution in [1.29, 1.82) is 0 Å². The third-order valence-corrected chi connectivity index (χ3v) is 4.15. The molecule has 0 bridgehead atoms. The molecule has 28 heavy (non-hydrogen) atoms. The number of carbonyl (C=O) groups excluding carboxylic acids is 1. The van der Waals surface area contributed by atoms with Gasteiger partial charge in [0.15, 0.2) is 5.96 Å². The van der Waals surface area contributed by atoms with Crippen molar-refractivity contribution in [3.8, 4) is 0 Å². The van der Waals surface area contributed by atoms with Crippen LogP contribution in [0, 0.1) is 0 Å². The van der Waals surface area contributed by atoms with E-state index in [0.717, 1.165) is 62.6 Å². The molecule has 2 rings (SSSR count). The fourth-order valence-electron chi connectivity index (χ4n) is 2.62. The summed E-state index contributed by atoms with van der Waals surface area (Å²) in [4.78, 5) is 16.4. The lowest BCUT2D eigenvalue weighted by molar-refractivity contribution is 0.0963. The molecule has 0 spiro atoms. The zero-order chi connectivity index (χ0) is 19.3. The van der Waals surface area contributed by atoms with E-state index in [4.69, 9.17) is 4.42 Å². The zero-order valence-electron chi connectivity index (χ0n) is 16.7. The van der Waals surface area contributed by atoms with E-state index in [0.29, 0.717) is 5.56 Å². The van der Waals surface area contributed by atoms with E-state index in [2.05, 4.69) is 27.9 Å². The number of carbonyl (C=O) groups is 1. The maximum Gasteiger partial charge on any atom is 0.251 e. The number of hydrogen-bond acceptors (Lipinski definition) is 3. The average Bonchev–Trinajstić information content (AvgIpc) is 3.21. The van der Waals surface area contributed by atoms with E-state index in [-0.39, 0.29) is 29.9 Å². The Morgan fingerprint density at radius 1 is 1.11 bits per heavy atom. The smallest absolute Gasteiger partial charge is 0.251 e. The lowest BCUT2D eigenvalue weighted by Crippen LogP contribution is -2.39. The van der Waals surface area contributed by atoms with E-state index in [1.165, 1.54) is 0 Å². The number of halogens is 1. The minimum Gasteiger partial charge on any atom is -0.469 e. The molecule has 1 amide bonds. The summed E-state index contributed by atoms with van der Waals surface area (Å²) in [5.41, 5.74) is 1.80. The van der Waals surface area contributed by atoms with Gasteiger partial charge < -0.3 is 20.4 Å². The molecule has 0 aliphatic carbocycles. The van der Waals surface area contributed by atoms with Gasteiger partial charge in [0.25, 0.3) is 5.91 Å². The summed E-state index contributed by atoms with van der Waals surface area (Å²) in [6, 6.07) is 11.6. The minimum atomic E-state index is -0.0637. The predicted octanol–water partition coefficient (Wildman–Crippen LogP) is 3.38. The van der Waals surface area contributed by atoms with Crippen molar-refractivity contribution < 1.29 is 9.21 Å². The van der Waals surface area contributed by atoms with Crippen LogP contribution in [0.1, 0.15) is 41.4 Å². The number of rotatable bonds is 10. The van der Waals surface area contributed by atoms with Gasteiger partial charge in [-0.15, -0.1) is 24.0 Å². The quantitative estimate of drug-likeness (QED) is 0.203. The Kier molecular flexibility index (Phi) is 12.0. The van der Waals surface area contributed by atoms with Crippen molar-refractivity contribution in [2.75, 3.05) is 26.7 Å². The lowest BCUT2D eigenvalue weighted by Gasteiger charge is -2.12. The van der Waals surface area contributed by atoms with Crippen LogP contribution < -0.4 is 16.0 Å². The Labute approximate surface area is 184 Å². The Bertz CT molecular complexity index is 717. The topological polar surface area (TPSA) is 78.7 Å². The lowest BCUT2D eigenvalue weighted by atomic mass is 10.1. The summed E-state index contributed by atoms with van der Waals surface area (Å²) in [5.74, 6) is 1.71. The van der Waals surface area contributed by atoms with Gasteiger partial charge in [0.1, 0.15) is 5.76 Å². The Balaban J connectivity index is 0.00000392. The van der Waals surface area contributed by atoms with Crippen molar-refractivity contribution in [3.63, 3.8) is 0 Å². The number of amides is 1. The van der Waals surface area contributed by atoms with E-state index >= 15 is 0 Å². The molecule has 154 valence electrons. The number of hydrogen-bond donors (Lipinski definition) is 3. The standard InChI is InChI=1S/C21H30N4O2.HI/c1-3-4-12-23-21(25-14-11-19-9-6-15-27-19)24-13-10-17-7-5-8-18(16-17)20(26)22-2;/h5-9,15-16H,3-4,10-14H2,1-2H3,(H,22,26)(H2,23,24,25);1H. The molecule has 0 aliphatic heterocycles. The second-order valence-corrected chi connectivity index (χ2v) is 6.30. The first-order chi connectivity index (χ1) is 13.2. The van der Waals surface area contributed by atoms with Crippen LogP contribution in [0.5, 0.6) is 0 Å². The number of nitrogens with zero attached hydrogens (tertiary/aromatic N) is 1. The number of nitrogens with one attached hydrogen (secondary N) is 3. The van der Waals surface area contributed by atoms with Gasteiger partial charge in [-0.2, -0.15) is 0 Å². The molecule has 0 saturated carbocycles. The molecule has 7 heteroatoms. The molecule has 2 aromatic rings. The van der Waals surface area contributed by atoms with Gasteiger partial charge in [-0.25, -0.2) is 0 Å². The first-order valence-electron chi connectivity index (χ1n) is 9.58. The Morgan fingerprint density at radius 3 is 2.57 bits per heavy atom. The average molecular weight is 498 g/mol. The monoisotopic (exact) mass is 498 g/mol. The third-order valence-electron chi connectivity index (χ3n) is 4.15. The second-order valence-electron chi connectivity index (χ2n) is 6.30. The van der Waals surface area contributed by atoms with Gasteiger partial charge in [-0.3, -0.25) is 9.79 Å². The highest BCUT2D eigenvalue weighted by Crippen LogP contribution is 2.05. The van der Waals surface area contributed by atoms with Gasteiger partial charge in [-0.1, -0.05) is 25.5 Å². The number of aliphatic imine (C=N–C) groups is 1. The molecule has 6 nitrogen and oxygen atoms in total. The fraction of sp³-hybridized carbons (Fsp3) is 0.429. The van der Waals surface area contributed by atoms with Crippen LogP contribution in [-0.2, 0) is 12.8 Å². The van der Waals surface area contributed by atoms with Gasteiger partial charge in [0, 0.05) is 38.7 Å². The number of furan rings is 1. The van der Waals surface area contributed by atoms with Crippen LogP contribution in [-0.4, -0.2) is 38.5 Å². The van der Waals surface area contributed by atoms with Crippen LogP contribution in [0.2, 0.25) is 0 Å². The summed E-state index contributed by atoms with van der Waals surface area (Å²) >= 11 is 0. The highest BCUT2D eigenvalue weighted by atomic mass is 127. The van der Waals surface area contributed by atoms with Gasteiger partial charge in [-0.05, 0) is 42.7 Å². The molecule has 0 unspecified atom stereocenters. The molecule has 0 aliphatic rings. The summed E-state index contributed by atoms with van der Waals surface area (Å²) < 4.78 is 5.36. The number of guanidine groups is 1. The highest BCUT2D eigenvalue weighted by Gasteiger charge is 2.04. The molecular formula is C21H31IN4O2. The van der Waals surface area contributed by atoms with Gasteiger partial charge in [0.2, 0.25) is 0 Å². The van der Waals surface area contributed by atoms with Crippen molar-refractivity contribution in [1.82, 2.24) is 16.0 Å². The number of unbranched alkanes of at least 4 members (excludes halogenated alkanes) is 1. The maximum atomic E-state index is 11.7. The largest absolute Gasteiger partial charge is 0.469 e. The van der Waals surface area contributed by atoms with E-state index in [9.17, 15) is 4.79 Å².